The van der Waals surface area contributed by atoms with Gasteiger partial charge < -0.3 is 14.4 Å². The fraction of sp³-hybridized carbons (Fsp3) is 0.368. The van der Waals surface area contributed by atoms with Gasteiger partial charge in [0.2, 0.25) is 0 Å². The molecule has 2 aromatic rings. The number of nitrogens with zero attached hydrogens (tertiary/aromatic N) is 1. The minimum Gasteiger partial charge on any atom is -0.490 e. The lowest BCUT2D eigenvalue weighted by atomic mass is 9.98. The van der Waals surface area contributed by atoms with E-state index in [0.717, 1.165) is 18.6 Å². The van der Waals surface area contributed by atoms with Crippen LogP contribution in [-0.2, 0) is 9.53 Å². The van der Waals surface area contributed by atoms with E-state index in [1.807, 2.05) is 47.8 Å². The molecule has 1 aromatic heterocycles. The first kappa shape index (κ1) is 17.5. The Hall–Kier alpha value is -2.34. The number of hydrogen-bond acceptors (Lipinski definition) is 5. The fourth-order valence-electron chi connectivity index (χ4n) is 2.85. The maximum absolute atomic E-state index is 12.4. The van der Waals surface area contributed by atoms with Crippen molar-refractivity contribution in [3.8, 4) is 5.75 Å². The van der Waals surface area contributed by atoms with E-state index in [9.17, 15) is 9.59 Å². The largest absolute Gasteiger partial charge is 0.490 e. The van der Waals surface area contributed by atoms with E-state index in [4.69, 9.17) is 9.47 Å². The predicted octanol–water partition coefficient (Wildman–Crippen LogP) is 3.22. The summed E-state index contributed by atoms with van der Waals surface area (Å²) >= 11 is 1.43. The second-order valence-corrected chi connectivity index (χ2v) is 6.84. The van der Waals surface area contributed by atoms with Gasteiger partial charge in [0.15, 0.2) is 0 Å². The molecule has 1 fully saturated rings. The molecule has 5 nitrogen and oxygen atoms in total. The lowest BCUT2D eigenvalue weighted by Gasteiger charge is -2.31. The highest BCUT2D eigenvalue weighted by Crippen LogP contribution is 2.21. The first-order valence-corrected chi connectivity index (χ1v) is 9.29. The molecule has 6 heteroatoms. The Kier molecular flexibility index (Phi) is 6.06. The van der Waals surface area contributed by atoms with Gasteiger partial charge in [0.05, 0.1) is 10.8 Å². The number of para-hydroxylation sites is 1. The molecular formula is C19H21NO4S. The number of esters is 1. The highest BCUT2D eigenvalue weighted by Gasteiger charge is 2.30. The number of thiophene rings is 1. The van der Waals surface area contributed by atoms with E-state index in [-0.39, 0.29) is 24.4 Å². The van der Waals surface area contributed by atoms with Crippen LogP contribution in [0.15, 0.2) is 47.8 Å². The normalized spacial score (nSPS) is 17.1. The highest BCUT2D eigenvalue weighted by atomic mass is 32.1. The molecule has 1 amide bonds. The first-order valence-electron chi connectivity index (χ1n) is 8.41. The molecule has 0 radical (unpaired) electrons. The zero-order chi connectivity index (χ0) is 17.5. The number of hydrogen-bond donors (Lipinski definition) is 0. The van der Waals surface area contributed by atoms with Crippen molar-refractivity contribution in [1.29, 1.82) is 0 Å². The van der Waals surface area contributed by atoms with Crippen LogP contribution in [0.1, 0.15) is 22.5 Å². The number of carbonyl (C=O) groups is 2. The van der Waals surface area contributed by atoms with Gasteiger partial charge >= 0.3 is 5.97 Å². The molecule has 1 unspecified atom stereocenters. The van der Waals surface area contributed by atoms with Crippen LogP contribution in [0.25, 0.3) is 0 Å². The molecule has 1 saturated heterocycles. The van der Waals surface area contributed by atoms with Gasteiger partial charge in [0.25, 0.3) is 5.91 Å². The Morgan fingerprint density at radius 3 is 2.72 bits per heavy atom. The van der Waals surface area contributed by atoms with E-state index in [2.05, 4.69) is 0 Å². The molecule has 1 aromatic carbocycles. The molecule has 0 spiro atoms. The Balaban J connectivity index is 1.43. The Labute approximate surface area is 151 Å². The summed E-state index contributed by atoms with van der Waals surface area (Å²) in [5.74, 6) is 0.249. The number of piperidine rings is 1. The summed E-state index contributed by atoms with van der Waals surface area (Å²) in [4.78, 5) is 27.1. The molecule has 25 heavy (non-hydrogen) atoms. The Morgan fingerprint density at radius 2 is 1.96 bits per heavy atom. The Morgan fingerprint density at radius 1 is 1.12 bits per heavy atom. The van der Waals surface area contributed by atoms with Gasteiger partial charge in [0, 0.05) is 13.1 Å². The van der Waals surface area contributed by atoms with Crippen LogP contribution < -0.4 is 4.74 Å². The molecule has 1 aliphatic rings. The molecule has 3 rings (SSSR count). The number of ether oxygens (including phenoxy) is 2. The van der Waals surface area contributed by atoms with Crippen molar-refractivity contribution in [3.63, 3.8) is 0 Å². The quantitative estimate of drug-likeness (QED) is 0.587. The van der Waals surface area contributed by atoms with Crippen LogP contribution >= 0.6 is 11.3 Å². The van der Waals surface area contributed by atoms with Crippen LogP contribution in [-0.4, -0.2) is 43.1 Å². The highest BCUT2D eigenvalue weighted by molar-refractivity contribution is 7.12. The van der Waals surface area contributed by atoms with Gasteiger partial charge in [0.1, 0.15) is 19.0 Å². The van der Waals surface area contributed by atoms with E-state index in [1.165, 1.54) is 11.3 Å². The van der Waals surface area contributed by atoms with E-state index in [0.29, 0.717) is 24.6 Å². The van der Waals surface area contributed by atoms with Crippen LogP contribution in [0.5, 0.6) is 5.75 Å². The van der Waals surface area contributed by atoms with Crippen molar-refractivity contribution in [2.45, 2.75) is 12.8 Å². The summed E-state index contributed by atoms with van der Waals surface area (Å²) in [7, 11) is 0. The number of likely N-dealkylation sites (tertiary alicyclic amines) is 1. The minimum absolute atomic E-state index is 0.0000825. The van der Waals surface area contributed by atoms with Crippen LogP contribution in [0.2, 0.25) is 0 Å². The summed E-state index contributed by atoms with van der Waals surface area (Å²) < 4.78 is 10.8. The molecule has 1 aliphatic heterocycles. The first-order chi connectivity index (χ1) is 12.2. The predicted molar refractivity (Wildman–Crippen MR) is 95.8 cm³/mol. The molecule has 0 saturated carbocycles. The molecule has 0 bridgehead atoms. The van der Waals surface area contributed by atoms with Crippen LogP contribution in [0, 0.1) is 5.92 Å². The maximum Gasteiger partial charge on any atom is 0.310 e. The third-order valence-corrected chi connectivity index (χ3v) is 4.97. The summed E-state index contributed by atoms with van der Waals surface area (Å²) in [6.45, 7) is 1.65. The zero-order valence-corrected chi connectivity index (χ0v) is 14.7. The molecule has 1 atom stereocenters. The second-order valence-electron chi connectivity index (χ2n) is 5.90. The number of carbonyl (C=O) groups excluding carboxylic acids is 2. The minimum atomic E-state index is -0.255. The van der Waals surface area contributed by atoms with E-state index < -0.39 is 0 Å². The topological polar surface area (TPSA) is 55.8 Å². The molecule has 132 valence electrons. The summed E-state index contributed by atoms with van der Waals surface area (Å²) in [6, 6.07) is 13.1. The SMILES string of the molecule is O=C(OCCOc1ccccc1)C1CCCN(C(=O)c2cccs2)C1. The van der Waals surface area contributed by atoms with Crippen molar-refractivity contribution in [3.05, 3.63) is 52.7 Å². The van der Waals surface area contributed by atoms with Crippen molar-refractivity contribution >= 4 is 23.2 Å². The van der Waals surface area contributed by atoms with Crippen molar-refractivity contribution < 1.29 is 19.1 Å². The third kappa shape index (κ3) is 4.82. The number of rotatable bonds is 6. The van der Waals surface area contributed by atoms with E-state index in [1.54, 1.807) is 4.90 Å². The molecule has 0 aliphatic carbocycles. The number of benzene rings is 1. The summed E-state index contributed by atoms with van der Waals surface area (Å²) in [5.41, 5.74) is 0. The fourth-order valence-corrected chi connectivity index (χ4v) is 3.54. The monoisotopic (exact) mass is 359 g/mol. The van der Waals surface area contributed by atoms with Gasteiger partial charge in [-0.2, -0.15) is 0 Å². The average molecular weight is 359 g/mol. The number of amides is 1. The van der Waals surface area contributed by atoms with E-state index >= 15 is 0 Å². The maximum atomic E-state index is 12.4. The zero-order valence-electron chi connectivity index (χ0n) is 13.9. The van der Waals surface area contributed by atoms with Crippen LogP contribution in [0.4, 0.5) is 0 Å². The summed E-state index contributed by atoms with van der Waals surface area (Å²) in [6.07, 6.45) is 1.57. The van der Waals surface area contributed by atoms with Crippen LogP contribution in [0.3, 0.4) is 0 Å². The van der Waals surface area contributed by atoms with Gasteiger partial charge in [-0.3, -0.25) is 9.59 Å². The Bertz CT molecular complexity index is 687. The van der Waals surface area contributed by atoms with Crippen molar-refractivity contribution in [1.82, 2.24) is 4.90 Å². The molecule has 0 N–H and O–H groups in total. The third-order valence-electron chi connectivity index (χ3n) is 4.11. The average Bonchev–Trinajstić information content (AvgIpc) is 3.20. The van der Waals surface area contributed by atoms with Gasteiger partial charge in [-0.15, -0.1) is 11.3 Å². The second kappa shape index (κ2) is 8.67. The lowest BCUT2D eigenvalue weighted by molar-refractivity contribution is -0.150. The van der Waals surface area contributed by atoms with Crippen molar-refractivity contribution in [2.24, 2.45) is 5.92 Å². The molecule has 2 heterocycles. The summed E-state index contributed by atoms with van der Waals surface area (Å²) in [5, 5.41) is 1.88. The lowest BCUT2D eigenvalue weighted by Crippen LogP contribution is -2.42. The van der Waals surface area contributed by atoms with Gasteiger partial charge in [-0.25, -0.2) is 0 Å². The van der Waals surface area contributed by atoms with Crippen molar-refractivity contribution in [2.75, 3.05) is 26.3 Å². The smallest absolute Gasteiger partial charge is 0.310 e. The molecular weight excluding hydrogens is 338 g/mol. The standard InChI is InChI=1S/C19H21NO4S/c21-18(17-9-5-13-25-17)20-10-4-6-15(14-20)19(22)24-12-11-23-16-7-2-1-3-8-16/h1-3,5,7-9,13,15H,4,6,10-12,14H2. The van der Waals surface area contributed by atoms with Gasteiger partial charge in [-0.1, -0.05) is 24.3 Å². The van der Waals surface area contributed by atoms with Gasteiger partial charge in [-0.05, 0) is 36.4 Å².